The quantitative estimate of drug-likeness (QED) is 0.520. The Morgan fingerprint density at radius 2 is 1.64 bits per heavy atom. The number of hydrogen-bond acceptors (Lipinski definition) is 3. The van der Waals surface area contributed by atoms with Crippen LogP contribution in [0.4, 0.5) is 5.69 Å². The number of nitrogen functional groups attached to an aromatic ring is 1. The van der Waals surface area contributed by atoms with Crippen LogP contribution in [0.1, 0.15) is 63.9 Å². The van der Waals surface area contributed by atoms with E-state index < -0.39 is 0 Å². The van der Waals surface area contributed by atoms with E-state index in [1.165, 1.54) is 63.0 Å². The van der Waals surface area contributed by atoms with Gasteiger partial charge in [0.1, 0.15) is 5.58 Å². The van der Waals surface area contributed by atoms with E-state index in [1.54, 1.807) is 0 Å². The molecule has 0 aliphatic heterocycles. The average molecular weight is 301 g/mol. The largest absolute Gasteiger partial charge is 0.423 e. The lowest BCUT2D eigenvalue weighted by atomic mass is 10.0. The number of aryl methyl sites for hydroxylation is 1. The topological polar surface area (TPSA) is 56.2 Å². The maximum atomic E-state index is 11.3. The summed E-state index contributed by atoms with van der Waals surface area (Å²) in [7, 11) is 0. The maximum Gasteiger partial charge on any atom is 0.338 e. The summed E-state index contributed by atoms with van der Waals surface area (Å²) in [5.41, 5.74) is 7.85. The summed E-state index contributed by atoms with van der Waals surface area (Å²) in [6.45, 7) is 2.25. The summed E-state index contributed by atoms with van der Waals surface area (Å²) in [6, 6.07) is 7.29. The fraction of sp³-hybridized carbons (Fsp3) is 0.526. The second-order valence-corrected chi connectivity index (χ2v) is 6.08. The van der Waals surface area contributed by atoms with Gasteiger partial charge in [0.05, 0.1) is 0 Å². The van der Waals surface area contributed by atoms with Crippen molar-refractivity contribution in [2.45, 2.75) is 64.7 Å². The van der Waals surface area contributed by atoms with Crippen molar-refractivity contribution in [1.29, 1.82) is 0 Å². The number of anilines is 1. The predicted molar refractivity (Wildman–Crippen MR) is 93.2 cm³/mol. The van der Waals surface area contributed by atoms with Gasteiger partial charge < -0.3 is 10.2 Å². The molecule has 2 aromatic rings. The van der Waals surface area contributed by atoms with E-state index in [-0.39, 0.29) is 5.63 Å². The number of nitrogens with two attached hydrogens (primary N) is 1. The standard InChI is InChI=1S/C19H27NO2/c1-2-3-4-5-6-7-8-9-10-15-11-12-18-16(13-15)17(20)14-19(21)22-18/h11-14H,2-10,20H2,1H3. The highest BCUT2D eigenvalue weighted by molar-refractivity contribution is 5.88. The lowest BCUT2D eigenvalue weighted by Crippen LogP contribution is -2.00. The van der Waals surface area contributed by atoms with E-state index in [2.05, 4.69) is 13.0 Å². The molecule has 2 rings (SSSR count). The molecular weight excluding hydrogens is 274 g/mol. The zero-order valence-corrected chi connectivity index (χ0v) is 13.6. The molecule has 0 aliphatic carbocycles. The number of benzene rings is 1. The van der Waals surface area contributed by atoms with Crippen molar-refractivity contribution < 1.29 is 4.42 Å². The minimum absolute atomic E-state index is 0.388. The molecule has 120 valence electrons. The van der Waals surface area contributed by atoms with Gasteiger partial charge >= 0.3 is 5.63 Å². The Kier molecular flexibility index (Phi) is 6.50. The zero-order chi connectivity index (χ0) is 15.8. The Bertz CT molecular complexity index is 645. The summed E-state index contributed by atoms with van der Waals surface area (Å²) in [6.07, 6.45) is 11.7. The Labute approximate surface area is 132 Å². The highest BCUT2D eigenvalue weighted by atomic mass is 16.4. The molecule has 0 saturated carbocycles. The average Bonchev–Trinajstić information content (AvgIpc) is 2.50. The Morgan fingerprint density at radius 1 is 0.955 bits per heavy atom. The molecule has 0 aliphatic rings. The fourth-order valence-corrected chi connectivity index (χ4v) is 2.85. The molecule has 1 aromatic carbocycles. The van der Waals surface area contributed by atoms with Gasteiger partial charge in [-0.3, -0.25) is 0 Å². The van der Waals surface area contributed by atoms with Gasteiger partial charge in [0.2, 0.25) is 0 Å². The molecule has 2 N–H and O–H groups in total. The highest BCUT2D eigenvalue weighted by Crippen LogP contribution is 2.21. The summed E-state index contributed by atoms with van der Waals surface area (Å²) in [4.78, 5) is 11.3. The third-order valence-corrected chi connectivity index (χ3v) is 4.16. The van der Waals surface area contributed by atoms with Crippen molar-refractivity contribution in [3.05, 3.63) is 40.2 Å². The lowest BCUT2D eigenvalue weighted by molar-refractivity contribution is 0.561. The number of hydrogen-bond donors (Lipinski definition) is 1. The Hall–Kier alpha value is -1.77. The Balaban J connectivity index is 1.79. The van der Waals surface area contributed by atoms with E-state index in [0.717, 1.165) is 11.8 Å². The number of fused-ring (bicyclic) bond motifs is 1. The normalized spacial score (nSPS) is 11.1. The molecule has 1 aromatic heterocycles. The zero-order valence-electron chi connectivity index (χ0n) is 13.6. The first-order valence-electron chi connectivity index (χ1n) is 8.53. The minimum Gasteiger partial charge on any atom is -0.423 e. The first-order valence-corrected chi connectivity index (χ1v) is 8.53. The van der Waals surface area contributed by atoms with Crippen LogP contribution in [0.3, 0.4) is 0 Å². The van der Waals surface area contributed by atoms with Crippen molar-refractivity contribution >= 4 is 16.7 Å². The van der Waals surface area contributed by atoms with Gasteiger partial charge in [-0.05, 0) is 30.5 Å². The molecule has 0 radical (unpaired) electrons. The third-order valence-electron chi connectivity index (χ3n) is 4.16. The summed E-state index contributed by atoms with van der Waals surface area (Å²) in [5.74, 6) is 0. The molecule has 0 fully saturated rings. The van der Waals surface area contributed by atoms with Crippen molar-refractivity contribution in [3.8, 4) is 0 Å². The van der Waals surface area contributed by atoms with Crippen LogP contribution in [-0.4, -0.2) is 0 Å². The second-order valence-electron chi connectivity index (χ2n) is 6.08. The molecule has 0 atom stereocenters. The van der Waals surface area contributed by atoms with Gasteiger partial charge in [0.25, 0.3) is 0 Å². The van der Waals surface area contributed by atoms with Crippen molar-refractivity contribution in [2.24, 2.45) is 0 Å². The van der Waals surface area contributed by atoms with E-state index in [1.807, 2.05) is 12.1 Å². The van der Waals surface area contributed by atoms with Crippen LogP contribution in [0.2, 0.25) is 0 Å². The van der Waals surface area contributed by atoms with Gasteiger partial charge in [-0.25, -0.2) is 4.79 Å². The number of unbranched alkanes of at least 4 members (excludes halogenated alkanes) is 7. The Morgan fingerprint density at radius 3 is 2.36 bits per heavy atom. The lowest BCUT2D eigenvalue weighted by Gasteiger charge is -2.05. The highest BCUT2D eigenvalue weighted by Gasteiger charge is 2.04. The predicted octanol–water partition coefficient (Wildman–Crippen LogP) is 5.06. The van der Waals surface area contributed by atoms with Crippen molar-refractivity contribution in [3.63, 3.8) is 0 Å². The molecule has 0 spiro atoms. The SMILES string of the molecule is CCCCCCCCCCc1ccc2oc(=O)cc(N)c2c1. The maximum absolute atomic E-state index is 11.3. The first-order chi connectivity index (χ1) is 10.7. The molecule has 3 nitrogen and oxygen atoms in total. The van der Waals surface area contributed by atoms with E-state index in [4.69, 9.17) is 10.2 Å². The van der Waals surface area contributed by atoms with E-state index >= 15 is 0 Å². The molecule has 1 heterocycles. The monoisotopic (exact) mass is 301 g/mol. The van der Waals surface area contributed by atoms with Gasteiger partial charge in [-0.15, -0.1) is 0 Å². The fourth-order valence-electron chi connectivity index (χ4n) is 2.85. The van der Waals surface area contributed by atoms with Crippen LogP contribution < -0.4 is 11.4 Å². The smallest absolute Gasteiger partial charge is 0.338 e. The summed E-state index contributed by atoms with van der Waals surface area (Å²) in [5, 5.41) is 0.844. The number of rotatable bonds is 9. The van der Waals surface area contributed by atoms with Crippen LogP contribution in [0.15, 0.2) is 33.5 Å². The molecule has 0 bridgehead atoms. The summed E-state index contributed by atoms with van der Waals surface area (Å²) < 4.78 is 5.15. The molecular formula is C19H27NO2. The van der Waals surface area contributed by atoms with Gasteiger partial charge in [-0.1, -0.05) is 57.9 Å². The van der Waals surface area contributed by atoms with Crippen molar-refractivity contribution in [2.75, 3.05) is 5.73 Å². The van der Waals surface area contributed by atoms with Crippen LogP contribution in [0.5, 0.6) is 0 Å². The van der Waals surface area contributed by atoms with Gasteiger partial charge in [0.15, 0.2) is 0 Å². The van der Waals surface area contributed by atoms with Crippen LogP contribution in [0.25, 0.3) is 11.0 Å². The molecule has 0 saturated heterocycles. The molecule has 0 unspecified atom stereocenters. The molecule has 3 heteroatoms. The van der Waals surface area contributed by atoms with Crippen LogP contribution in [-0.2, 0) is 6.42 Å². The molecule has 0 amide bonds. The third kappa shape index (κ3) is 4.90. The minimum atomic E-state index is -0.388. The van der Waals surface area contributed by atoms with Crippen LogP contribution in [0, 0.1) is 0 Å². The molecule has 22 heavy (non-hydrogen) atoms. The van der Waals surface area contributed by atoms with Gasteiger partial charge in [-0.2, -0.15) is 0 Å². The van der Waals surface area contributed by atoms with E-state index in [0.29, 0.717) is 11.3 Å². The van der Waals surface area contributed by atoms with Crippen molar-refractivity contribution in [1.82, 2.24) is 0 Å². The summed E-state index contributed by atoms with van der Waals surface area (Å²) >= 11 is 0. The van der Waals surface area contributed by atoms with E-state index in [9.17, 15) is 4.79 Å². The van der Waals surface area contributed by atoms with Gasteiger partial charge in [0, 0.05) is 17.1 Å². The van der Waals surface area contributed by atoms with Crippen LogP contribution >= 0.6 is 0 Å². The first kappa shape index (κ1) is 16.6. The second kappa shape index (κ2) is 8.62.